The molecule has 24 heavy (non-hydrogen) atoms. The van der Waals surface area contributed by atoms with Gasteiger partial charge in [-0.25, -0.2) is 4.79 Å². The summed E-state index contributed by atoms with van der Waals surface area (Å²) in [4.78, 5) is 40.6. The molecule has 3 aliphatic rings. The van der Waals surface area contributed by atoms with Crippen LogP contribution in [0.4, 0.5) is 4.79 Å². The van der Waals surface area contributed by atoms with Crippen molar-refractivity contribution in [2.75, 3.05) is 26.2 Å². The summed E-state index contributed by atoms with van der Waals surface area (Å²) < 4.78 is 0. The first kappa shape index (κ1) is 17.2. The van der Waals surface area contributed by atoms with E-state index in [9.17, 15) is 14.4 Å². The lowest BCUT2D eigenvalue weighted by Crippen LogP contribution is -2.62. The lowest BCUT2D eigenvalue weighted by molar-refractivity contribution is -0.141. The summed E-state index contributed by atoms with van der Waals surface area (Å²) in [7, 11) is 0. The lowest BCUT2D eigenvalue weighted by Gasteiger charge is -2.43. The summed E-state index contributed by atoms with van der Waals surface area (Å²) in [5, 5.41) is 5.10. The van der Waals surface area contributed by atoms with Crippen LogP contribution in [0.15, 0.2) is 0 Å². The largest absolute Gasteiger partial charge is 0.341 e. The van der Waals surface area contributed by atoms with Gasteiger partial charge in [0.1, 0.15) is 5.54 Å². The van der Waals surface area contributed by atoms with Gasteiger partial charge in [0.15, 0.2) is 0 Å². The molecule has 7 nitrogen and oxygen atoms in total. The van der Waals surface area contributed by atoms with Crippen molar-refractivity contribution in [2.45, 2.75) is 51.6 Å². The number of likely N-dealkylation sites (tertiary alicyclic amines) is 2. The monoisotopic (exact) mass is 336 g/mol. The number of nitrogens with one attached hydrogen (secondary N) is 2. The van der Waals surface area contributed by atoms with Crippen molar-refractivity contribution in [3.8, 4) is 0 Å². The van der Waals surface area contributed by atoms with Crippen LogP contribution in [0.5, 0.6) is 0 Å². The van der Waals surface area contributed by atoms with Gasteiger partial charge in [-0.15, -0.1) is 0 Å². The molecular weight excluding hydrogens is 308 g/mol. The highest BCUT2D eigenvalue weighted by molar-refractivity contribution is 6.07. The highest BCUT2D eigenvalue weighted by atomic mass is 16.2. The fourth-order valence-corrected chi connectivity index (χ4v) is 4.50. The van der Waals surface area contributed by atoms with E-state index >= 15 is 0 Å². The molecule has 4 amide bonds. The van der Waals surface area contributed by atoms with E-state index < -0.39 is 11.6 Å². The summed E-state index contributed by atoms with van der Waals surface area (Å²) in [6.07, 6.45) is 2.58. The van der Waals surface area contributed by atoms with Crippen LogP contribution in [0.2, 0.25) is 0 Å². The second-order valence-corrected chi connectivity index (χ2v) is 7.93. The smallest absolute Gasteiger partial charge is 0.322 e. The number of nitrogens with zero attached hydrogens (tertiary/aromatic N) is 2. The molecule has 4 atom stereocenters. The minimum Gasteiger partial charge on any atom is -0.341 e. The van der Waals surface area contributed by atoms with E-state index in [1.54, 1.807) is 0 Å². The molecule has 0 aromatic carbocycles. The van der Waals surface area contributed by atoms with Gasteiger partial charge < -0.3 is 10.2 Å². The number of carbonyl (C=O) groups is 3. The molecule has 0 radical (unpaired) electrons. The zero-order valence-electron chi connectivity index (χ0n) is 14.8. The van der Waals surface area contributed by atoms with E-state index in [0.717, 1.165) is 32.5 Å². The summed E-state index contributed by atoms with van der Waals surface area (Å²) in [6, 6.07) is -0.704. The Morgan fingerprint density at radius 2 is 1.92 bits per heavy atom. The van der Waals surface area contributed by atoms with Crippen molar-refractivity contribution in [3.63, 3.8) is 0 Å². The number of amides is 4. The first-order valence-corrected chi connectivity index (χ1v) is 8.97. The average molecular weight is 336 g/mol. The Morgan fingerprint density at radius 3 is 2.50 bits per heavy atom. The normalized spacial score (nSPS) is 35.7. The number of rotatable bonds is 2. The zero-order valence-corrected chi connectivity index (χ0v) is 14.8. The fourth-order valence-electron chi connectivity index (χ4n) is 4.50. The van der Waals surface area contributed by atoms with E-state index in [0.29, 0.717) is 24.8 Å². The quantitative estimate of drug-likeness (QED) is 0.722. The van der Waals surface area contributed by atoms with Crippen molar-refractivity contribution in [1.29, 1.82) is 0 Å². The van der Waals surface area contributed by atoms with Gasteiger partial charge in [0.05, 0.1) is 6.04 Å². The van der Waals surface area contributed by atoms with Crippen molar-refractivity contribution in [3.05, 3.63) is 0 Å². The first-order chi connectivity index (χ1) is 11.3. The summed E-state index contributed by atoms with van der Waals surface area (Å²) in [5.41, 5.74) is -0.869. The predicted molar refractivity (Wildman–Crippen MR) is 89.2 cm³/mol. The van der Waals surface area contributed by atoms with Crippen molar-refractivity contribution in [2.24, 2.45) is 11.8 Å². The lowest BCUT2D eigenvalue weighted by atomic mass is 9.88. The molecule has 0 aliphatic carbocycles. The molecule has 3 aliphatic heterocycles. The maximum absolute atomic E-state index is 12.9. The van der Waals surface area contributed by atoms with Crippen LogP contribution in [-0.2, 0) is 9.59 Å². The maximum atomic E-state index is 12.9. The fraction of sp³-hybridized carbons (Fsp3) is 0.824. The van der Waals surface area contributed by atoms with Gasteiger partial charge in [-0.2, -0.15) is 0 Å². The number of carbonyl (C=O) groups excluding carboxylic acids is 3. The Hall–Kier alpha value is -1.63. The van der Waals surface area contributed by atoms with Gasteiger partial charge in [0, 0.05) is 19.6 Å². The third-order valence-corrected chi connectivity index (χ3v) is 5.62. The standard InChI is InChI=1S/C17H28N4O3/c1-11-7-12(2)9-21(8-11)14(22)13(3)20-6-4-5-17(10-20)15(23)18-16(24)19-17/h11-13H,4-10H2,1-3H3,(H2,18,19,23,24). The molecule has 134 valence electrons. The van der Waals surface area contributed by atoms with Gasteiger partial charge in [-0.3, -0.25) is 19.8 Å². The van der Waals surface area contributed by atoms with Crippen LogP contribution in [0, 0.1) is 11.8 Å². The van der Waals surface area contributed by atoms with Crippen LogP contribution >= 0.6 is 0 Å². The van der Waals surface area contributed by atoms with Gasteiger partial charge in [0.2, 0.25) is 5.91 Å². The van der Waals surface area contributed by atoms with E-state index in [2.05, 4.69) is 24.5 Å². The molecule has 0 aromatic rings. The minimum absolute atomic E-state index is 0.134. The molecule has 3 heterocycles. The van der Waals surface area contributed by atoms with Gasteiger partial charge in [-0.1, -0.05) is 13.8 Å². The Labute approximate surface area is 143 Å². The molecule has 0 aromatic heterocycles. The number of hydrogen-bond acceptors (Lipinski definition) is 4. The average Bonchev–Trinajstić information content (AvgIpc) is 2.78. The van der Waals surface area contributed by atoms with E-state index in [1.165, 1.54) is 0 Å². The van der Waals surface area contributed by atoms with Crippen molar-refractivity contribution >= 4 is 17.8 Å². The molecule has 0 bridgehead atoms. The highest BCUT2D eigenvalue weighted by Gasteiger charge is 2.50. The second-order valence-electron chi connectivity index (χ2n) is 7.93. The Kier molecular flexibility index (Phi) is 4.55. The van der Waals surface area contributed by atoms with Crippen LogP contribution in [-0.4, -0.2) is 65.4 Å². The molecule has 0 saturated carbocycles. The predicted octanol–water partition coefficient (Wildman–Crippen LogP) is 0.553. The van der Waals surface area contributed by atoms with Crippen LogP contribution in [0.1, 0.15) is 40.0 Å². The molecule has 2 N–H and O–H groups in total. The van der Waals surface area contributed by atoms with Crippen LogP contribution in [0.25, 0.3) is 0 Å². The summed E-state index contributed by atoms with van der Waals surface area (Å²) in [5.74, 6) is 0.919. The van der Waals surface area contributed by atoms with Crippen LogP contribution < -0.4 is 10.6 Å². The topological polar surface area (TPSA) is 81.8 Å². The van der Waals surface area contributed by atoms with Crippen molar-refractivity contribution < 1.29 is 14.4 Å². The number of hydrogen-bond donors (Lipinski definition) is 2. The number of piperidine rings is 2. The maximum Gasteiger partial charge on any atom is 0.322 e. The molecule has 7 heteroatoms. The molecule has 3 fully saturated rings. The van der Waals surface area contributed by atoms with E-state index in [4.69, 9.17) is 0 Å². The SMILES string of the molecule is CC1CC(C)CN(C(=O)C(C)N2CCCC3(C2)NC(=O)NC3=O)C1. The highest BCUT2D eigenvalue weighted by Crippen LogP contribution is 2.27. The van der Waals surface area contributed by atoms with Crippen LogP contribution in [0.3, 0.4) is 0 Å². The van der Waals surface area contributed by atoms with E-state index in [1.807, 2.05) is 16.7 Å². The molecule has 3 saturated heterocycles. The third-order valence-electron chi connectivity index (χ3n) is 5.62. The molecule has 4 unspecified atom stereocenters. The summed E-state index contributed by atoms with van der Waals surface area (Å²) >= 11 is 0. The summed E-state index contributed by atoms with van der Waals surface area (Å²) in [6.45, 7) is 9.09. The Morgan fingerprint density at radius 1 is 1.25 bits per heavy atom. The van der Waals surface area contributed by atoms with E-state index in [-0.39, 0.29) is 17.9 Å². The number of urea groups is 1. The minimum atomic E-state index is -0.869. The molecule has 3 rings (SSSR count). The van der Waals surface area contributed by atoms with Gasteiger partial charge in [-0.05, 0) is 44.6 Å². The van der Waals surface area contributed by atoms with Gasteiger partial charge >= 0.3 is 6.03 Å². The third kappa shape index (κ3) is 3.14. The first-order valence-electron chi connectivity index (χ1n) is 8.97. The second kappa shape index (κ2) is 6.35. The molecular formula is C17H28N4O3. The molecule has 1 spiro atoms. The van der Waals surface area contributed by atoms with Crippen molar-refractivity contribution in [1.82, 2.24) is 20.4 Å². The Balaban J connectivity index is 1.68. The number of imide groups is 1. The zero-order chi connectivity index (χ0) is 17.5. The Bertz CT molecular complexity index is 542. The van der Waals surface area contributed by atoms with Gasteiger partial charge in [0.25, 0.3) is 5.91 Å².